The smallest absolute Gasteiger partial charge is 0.151 e. The average Bonchev–Trinajstić information content (AvgIpc) is 2.90. The molecule has 0 amide bonds. The number of aromatic amines is 1. The fraction of sp³-hybridized carbons (Fsp3) is 0.100. The number of hydrogen-bond donors (Lipinski definition) is 2. The van der Waals surface area contributed by atoms with E-state index >= 15 is 0 Å². The van der Waals surface area contributed by atoms with Crippen LogP contribution in [0.2, 0.25) is 0 Å². The lowest BCUT2D eigenvalue weighted by Crippen LogP contribution is -1.93. The number of rotatable bonds is 2. The second-order valence-corrected chi connectivity index (χ2v) is 4.31. The molecular formula is C10H9N5S. The molecule has 3 heterocycles. The maximum Gasteiger partial charge on any atom is 0.151 e. The van der Waals surface area contributed by atoms with Crippen molar-refractivity contribution in [3.8, 4) is 0 Å². The van der Waals surface area contributed by atoms with E-state index in [-0.39, 0.29) is 0 Å². The lowest BCUT2D eigenvalue weighted by atomic mass is 10.3. The molecule has 0 aromatic carbocycles. The summed E-state index contributed by atoms with van der Waals surface area (Å²) in [6.45, 7) is 2.05. The maximum atomic E-state index is 4.27. The number of hydrogen-bond acceptors (Lipinski definition) is 5. The van der Waals surface area contributed by atoms with Gasteiger partial charge in [-0.3, -0.25) is 5.10 Å². The number of anilines is 2. The molecule has 6 heteroatoms. The fourth-order valence-electron chi connectivity index (χ4n) is 1.51. The van der Waals surface area contributed by atoms with Crippen molar-refractivity contribution in [2.45, 2.75) is 6.92 Å². The van der Waals surface area contributed by atoms with Crippen LogP contribution in [0.3, 0.4) is 0 Å². The first-order valence-electron chi connectivity index (χ1n) is 4.79. The third kappa shape index (κ3) is 1.43. The van der Waals surface area contributed by atoms with Gasteiger partial charge in [0.1, 0.15) is 6.33 Å². The van der Waals surface area contributed by atoms with Crippen molar-refractivity contribution in [2.24, 2.45) is 0 Å². The average molecular weight is 231 g/mol. The van der Waals surface area contributed by atoms with E-state index in [0.717, 1.165) is 21.7 Å². The molecule has 0 atom stereocenters. The highest BCUT2D eigenvalue weighted by Gasteiger charge is 2.08. The van der Waals surface area contributed by atoms with Crippen LogP contribution in [0, 0.1) is 6.92 Å². The molecule has 3 rings (SSSR count). The first-order chi connectivity index (χ1) is 7.84. The molecule has 0 fully saturated rings. The molecule has 0 unspecified atom stereocenters. The van der Waals surface area contributed by atoms with E-state index < -0.39 is 0 Å². The number of nitrogens with one attached hydrogen (secondary N) is 2. The highest BCUT2D eigenvalue weighted by Crippen LogP contribution is 2.29. The van der Waals surface area contributed by atoms with Crippen LogP contribution in [0.1, 0.15) is 5.56 Å². The molecule has 3 aromatic rings. The summed E-state index contributed by atoms with van der Waals surface area (Å²) >= 11 is 1.64. The second-order valence-electron chi connectivity index (χ2n) is 3.43. The molecule has 3 aromatic heterocycles. The molecule has 16 heavy (non-hydrogen) atoms. The SMILES string of the molecule is Cc1csc2c(Nc3cn[nH]c3)ncnc12. The van der Waals surface area contributed by atoms with Gasteiger partial charge in [0, 0.05) is 6.20 Å². The van der Waals surface area contributed by atoms with E-state index in [9.17, 15) is 0 Å². The minimum absolute atomic E-state index is 0.824. The zero-order valence-electron chi connectivity index (χ0n) is 8.56. The van der Waals surface area contributed by atoms with Gasteiger partial charge in [-0.2, -0.15) is 5.10 Å². The normalized spacial score (nSPS) is 10.8. The van der Waals surface area contributed by atoms with Crippen LogP contribution < -0.4 is 5.32 Å². The summed E-state index contributed by atoms with van der Waals surface area (Å²) in [4.78, 5) is 8.51. The highest BCUT2D eigenvalue weighted by atomic mass is 32.1. The zero-order valence-corrected chi connectivity index (χ0v) is 9.38. The molecule has 80 valence electrons. The van der Waals surface area contributed by atoms with Gasteiger partial charge >= 0.3 is 0 Å². The van der Waals surface area contributed by atoms with Crippen molar-refractivity contribution in [1.29, 1.82) is 0 Å². The predicted molar refractivity (Wildman–Crippen MR) is 64.0 cm³/mol. The topological polar surface area (TPSA) is 66.5 Å². The van der Waals surface area contributed by atoms with Crippen LogP contribution in [0.25, 0.3) is 10.2 Å². The minimum Gasteiger partial charge on any atom is -0.336 e. The summed E-state index contributed by atoms with van der Waals surface area (Å²) < 4.78 is 1.07. The van der Waals surface area contributed by atoms with E-state index in [1.165, 1.54) is 5.56 Å². The number of thiophene rings is 1. The quantitative estimate of drug-likeness (QED) is 0.711. The Morgan fingerprint density at radius 2 is 2.31 bits per heavy atom. The van der Waals surface area contributed by atoms with Crippen molar-refractivity contribution in [2.75, 3.05) is 5.32 Å². The van der Waals surface area contributed by atoms with Gasteiger partial charge in [0.2, 0.25) is 0 Å². The van der Waals surface area contributed by atoms with Crippen molar-refractivity contribution in [3.05, 3.63) is 29.7 Å². The van der Waals surface area contributed by atoms with Gasteiger partial charge in [-0.15, -0.1) is 11.3 Å². The maximum absolute atomic E-state index is 4.27. The van der Waals surface area contributed by atoms with Crippen molar-refractivity contribution in [1.82, 2.24) is 20.2 Å². The van der Waals surface area contributed by atoms with Crippen molar-refractivity contribution < 1.29 is 0 Å². The molecule has 0 spiro atoms. The summed E-state index contributed by atoms with van der Waals surface area (Å²) in [6.07, 6.45) is 5.08. The Bertz CT molecular complexity index is 613. The van der Waals surface area contributed by atoms with Gasteiger partial charge in [0.15, 0.2) is 5.82 Å². The molecule has 0 bridgehead atoms. The number of aromatic nitrogens is 4. The number of fused-ring (bicyclic) bond motifs is 1. The van der Waals surface area contributed by atoms with Crippen LogP contribution in [0.4, 0.5) is 11.5 Å². The van der Waals surface area contributed by atoms with Crippen LogP contribution in [-0.2, 0) is 0 Å². The van der Waals surface area contributed by atoms with Crippen LogP contribution >= 0.6 is 11.3 Å². The van der Waals surface area contributed by atoms with Gasteiger partial charge in [0.05, 0.1) is 22.1 Å². The highest BCUT2D eigenvalue weighted by molar-refractivity contribution is 7.18. The number of aryl methyl sites for hydroxylation is 1. The molecular weight excluding hydrogens is 222 g/mol. The summed E-state index contributed by atoms with van der Waals surface area (Å²) in [6, 6.07) is 0. The van der Waals surface area contributed by atoms with Crippen molar-refractivity contribution in [3.63, 3.8) is 0 Å². The van der Waals surface area contributed by atoms with Gasteiger partial charge in [-0.05, 0) is 17.9 Å². The molecule has 0 saturated heterocycles. The largest absolute Gasteiger partial charge is 0.336 e. The molecule has 0 radical (unpaired) electrons. The first-order valence-corrected chi connectivity index (χ1v) is 5.67. The molecule has 0 aliphatic carbocycles. The molecule has 0 aliphatic heterocycles. The molecule has 0 saturated carbocycles. The molecule has 0 aliphatic rings. The molecule has 5 nitrogen and oxygen atoms in total. The van der Waals surface area contributed by atoms with E-state index in [2.05, 4.69) is 30.9 Å². The Morgan fingerprint density at radius 3 is 3.12 bits per heavy atom. The third-order valence-corrected chi connectivity index (χ3v) is 3.39. The number of H-pyrrole nitrogens is 1. The predicted octanol–water partition coefficient (Wildman–Crippen LogP) is 2.47. The summed E-state index contributed by atoms with van der Waals surface area (Å²) in [5, 5.41) is 11.9. The zero-order chi connectivity index (χ0) is 11.0. The Hall–Kier alpha value is -1.95. The summed E-state index contributed by atoms with van der Waals surface area (Å²) in [5.41, 5.74) is 3.08. The van der Waals surface area contributed by atoms with Gasteiger partial charge in [0.25, 0.3) is 0 Å². The lowest BCUT2D eigenvalue weighted by Gasteiger charge is -2.02. The van der Waals surface area contributed by atoms with Gasteiger partial charge < -0.3 is 5.32 Å². The Morgan fingerprint density at radius 1 is 1.38 bits per heavy atom. The second kappa shape index (κ2) is 3.57. The van der Waals surface area contributed by atoms with E-state index in [1.807, 2.05) is 6.92 Å². The van der Waals surface area contributed by atoms with Gasteiger partial charge in [-0.1, -0.05) is 0 Å². The Labute approximate surface area is 95.6 Å². The van der Waals surface area contributed by atoms with Gasteiger partial charge in [-0.25, -0.2) is 9.97 Å². The summed E-state index contributed by atoms with van der Waals surface area (Å²) in [5.74, 6) is 0.824. The van der Waals surface area contributed by atoms with E-state index in [1.54, 1.807) is 30.1 Å². The van der Waals surface area contributed by atoms with E-state index in [4.69, 9.17) is 0 Å². The lowest BCUT2D eigenvalue weighted by molar-refractivity contribution is 1.09. The standard InChI is InChI=1S/C10H9N5S/c1-6-4-16-9-8(6)11-5-12-10(9)15-7-2-13-14-3-7/h2-5H,1H3,(H,13,14)(H,11,12,15). The first kappa shape index (κ1) is 9.29. The van der Waals surface area contributed by atoms with Crippen LogP contribution in [0.5, 0.6) is 0 Å². The Balaban J connectivity index is 2.10. The Kier molecular flexibility index (Phi) is 2.07. The monoisotopic (exact) mass is 231 g/mol. The van der Waals surface area contributed by atoms with Crippen LogP contribution in [-0.4, -0.2) is 20.2 Å². The number of nitrogens with zero attached hydrogens (tertiary/aromatic N) is 3. The summed E-state index contributed by atoms with van der Waals surface area (Å²) in [7, 11) is 0. The fourth-order valence-corrected chi connectivity index (χ4v) is 2.46. The van der Waals surface area contributed by atoms with Crippen molar-refractivity contribution >= 4 is 33.1 Å². The third-order valence-electron chi connectivity index (χ3n) is 2.29. The van der Waals surface area contributed by atoms with Crippen LogP contribution in [0.15, 0.2) is 24.1 Å². The van der Waals surface area contributed by atoms with E-state index in [0.29, 0.717) is 0 Å². The minimum atomic E-state index is 0.824. The molecule has 2 N–H and O–H groups in total.